The van der Waals surface area contributed by atoms with E-state index in [1.807, 2.05) is 91.4 Å². The average molecular weight is 696 g/mol. The first-order valence-electron chi connectivity index (χ1n) is 13.1. The van der Waals surface area contributed by atoms with E-state index in [4.69, 9.17) is 0 Å². The zero-order valence-electron chi connectivity index (χ0n) is 22.5. The molecular formula is C36H29IrN3-2. The van der Waals surface area contributed by atoms with Crippen LogP contribution in [-0.2, 0) is 20.1 Å². The zero-order chi connectivity index (χ0) is 26.9. The second-order valence-electron chi connectivity index (χ2n) is 9.43. The number of aromatic nitrogens is 3. The quantitative estimate of drug-likeness (QED) is 0.169. The molecule has 6 rings (SSSR count). The zero-order valence-corrected chi connectivity index (χ0v) is 24.8. The summed E-state index contributed by atoms with van der Waals surface area (Å²) in [7, 11) is 0. The topological polar surface area (TPSA) is 38.7 Å². The molecule has 0 fully saturated rings. The van der Waals surface area contributed by atoms with Gasteiger partial charge in [0.15, 0.2) is 0 Å². The maximum Gasteiger partial charge on any atom is 0.0748 e. The van der Waals surface area contributed by atoms with E-state index in [9.17, 15) is 0 Å². The van der Waals surface area contributed by atoms with Crippen molar-refractivity contribution in [2.75, 3.05) is 0 Å². The van der Waals surface area contributed by atoms with E-state index in [1.165, 1.54) is 11.1 Å². The Balaban J connectivity index is 0.000000182. The normalized spacial score (nSPS) is 10.3. The summed E-state index contributed by atoms with van der Waals surface area (Å²) in [6, 6.07) is 45.1. The van der Waals surface area contributed by atoms with Crippen molar-refractivity contribution in [1.29, 1.82) is 0 Å². The fourth-order valence-electron chi connectivity index (χ4n) is 4.09. The molecule has 0 aliphatic heterocycles. The second-order valence-corrected chi connectivity index (χ2v) is 9.43. The third kappa shape index (κ3) is 7.44. The predicted octanol–water partition coefficient (Wildman–Crippen LogP) is 8.95. The standard InChI is InChI=1S/C19H17N2.C17H12N.Ir/c1-14(2)18-12-20-19(21-13-18)17-10-6-9-16(11-17)15-7-4-3-5-8-15;1-3-7-14(8-4-1)16-11-12-17(18-13-16)15-9-5-2-6-10-15;/h3-9,11-14H,1-2H3;1-9,11-13H;/q2*-1;. The maximum absolute atomic E-state index is 4.49. The van der Waals surface area contributed by atoms with Crippen LogP contribution in [0.4, 0.5) is 0 Å². The Kier molecular flexibility index (Phi) is 10.2. The molecule has 6 aromatic rings. The number of rotatable bonds is 5. The van der Waals surface area contributed by atoms with Crippen LogP contribution >= 0.6 is 0 Å². The molecule has 0 unspecified atom stereocenters. The molecule has 0 aliphatic rings. The Labute approximate surface area is 250 Å². The van der Waals surface area contributed by atoms with E-state index < -0.39 is 0 Å². The molecule has 4 aromatic carbocycles. The summed E-state index contributed by atoms with van der Waals surface area (Å²) < 4.78 is 0. The van der Waals surface area contributed by atoms with Crippen molar-refractivity contribution in [2.45, 2.75) is 19.8 Å². The SMILES string of the molecule is CC(C)c1cnc(-c2[c-]ccc(-c3ccccc3)c2)nc1.[Ir].[c-]1ccccc1-c1ccc(-c2ccccc2)cn1. The van der Waals surface area contributed by atoms with Crippen molar-refractivity contribution in [3.63, 3.8) is 0 Å². The molecule has 3 nitrogen and oxygen atoms in total. The van der Waals surface area contributed by atoms with Gasteiger partial charge in [-0.2, -0.15) is 0 Å². The van der Waals surface area contributed by atoms with Gasteiger partial charge in [0.25, 0.3) is 0 Å². The van der Waals surface area contributed by atoms with E-state index in [2.05, 4.69) is 83.4 Å². The van der Waals surface area contributed by atoms with E-state index in [-0.39, 0.29) is 20.1 Å². The Morgan fingerprint density at radius 1 is 0.525 bits per heavy atom. The van der Waals surface area contributed by atoms with Crippen molar-refractivity contribution < 1.29 is 20.1 Å². The van der Waals surface area contributed by atoms with Crippen LogP contribution in [0.5, 0.6) is 0 Å². The Morgan fingerprint density at radius 2 is 1.15 bits per heavy atom. The monoisotopic (exact) mass is 696 g/mol. The van der Waals surface area contributed by atoms with Crippen molar-refractivity contribution in [3.05, 3.63) is 152 Å². The van der Waals surface area contributed by atoms with Gasteiger partial charge in [-0.15, -0.1) is 71.3 Å². The molecule has 2 heterocycles. The van der Waals surface area contributed by atoms with E-state index in [0.29, 0.717) is 5.92 Å². The van der Waals surface area contributed by atoms with Crippen LogP contribution in [-0.4, -0.2) is 15.0 Å². The maximum atomic E-state index is 4.49. The minimum atomic E-state index is 0. The van der Waals surface area contributed by atoms with E-state index in [1.54, 1.807) is 0 Å². The third-order valence-electron chi connectivity index (χ3n) is 6.34. The molecule has 0 aliphatic carbocycles. The van der Waals surface area contributed by atoms with Crippen LogP contribution in [0.2, 0.25) is 0 Å². The molecule has 0 N–H and O–H groups in total. The second kappa shape index (κ2) is 14.2. The molecular weight excluding hydrogens is 667 g/mol. The molecule has 40 heavy (non-hydrogen) atoms. The minimum Gasteiger partial charge on any atom is -0.304 e. The van der Waals surface area contributed by atoms with Crippen LogP contribution in [0.3, 0.4) is 0 Å². The van der Waals surface area contributed by atoms with Gasteiger partial charge >= 0.3 is 0 Å². The number of benzene rings is 4. The third-order valence-corrected chi connectivity index (χ3v) is 6.34. The van der Waals surface area contributed by atoms with Crippen molar-refractivity contribution >= 4 is 0 Å². The van der Waals surface area contributed by atoms with Gasteiger partial charge in [-0.1, -0.05) is 86.6 Å². The molecule has 0 spiro atoms. The predicted molar refractivity (Wildman–Crippen MR) is 160 cm³/mol. The molecule has 0 saturated carbocycles. The van der Waals surface area contributed by atoms with E-state index in [0.717, 1.165) is 39.3 Å². The molecule has 1 radical (unpaired) electrons. The molecule has 2 aromatic heterocycles. The Bertz CT molecular complexity index is 1530. The van der Waals surface area contributed by atoms with Gasteiger partial charge in [-0.3, -0.25) is 9.97 Å². The average Bonchev–Trinajstić information content (AvgIpc) is 3.03. The number of hydrogen-bond acceptors (Lipinski definition) is 3. The molecule has 4 heteroatoms. The summed E-state index contributed by atoms with van der Waals surface area (Å²) in [5.74, 6) is 1.16. The summed E-state index contributed by atoms with van der Waals surface area (Å²) in [5.41, 5.74) is 8.72. The van der Waals surface area contributed by atoms with Crippen molar-refractivity contribution in [3.8, 4) is 44.9 Å². The van der Waals surface area contributed by atoms with Gasteiger partial charge in [0.1, 0.15) is 0 Å². The molecule has 0 bridgehead atoms. The number of hydrogen-bond donors (Lipinski definition) is 0. The fourth-order valence-corrected chi connectivity index (χ4v) is 4.09. The number of pyridine rings is 1. The van der Waals surface area contributed by atoms with E-state index >= 15 is 0 Å². The molecule has 0 atom stereocenters. The van der Waals surface area contributed by atoms with Crippen LogP contribution in [0.25, 0.3) is 44.9 Å². The van der Waals surface area contributed by atoms with Gasteiger partial charge in [0, 0.05) is 38.7 Å². The van der Waals surface area contributed by atoms with Crippen LogP contribution in [0.1, 0.15) is 25.3 Å². The fraction of sp³-hybridized carbons (Fsp3) is 0.0833. The van der Waals surface area contributed by atoms with Gasteiger partial charge < -0.3 is 4.98 Å². The number of nitrogens with zero attached hydrogens (tertiary/aromatic N) is 3. The van der Waals surface area contributed by atoms with Gasteiger partial charge in [0.05, 0.1) is 5.82 Å². The first kappa shape index (κ1) is 28.8. The van der Waals surface area contributed by atoms with Crippen LogP contribution < -0.4 is 0 Å². The molecule has 199 valence electrons. The van der Waals surface area contributed by atoms with Gasteiger partial charge in [-0.25, -0.2) is 0 Å². The minimum absolute atomic E-state index is 0. The largest absolute Gasteiger partial charge is 0.304 e. The Hall–Kier alpha value is -4.24. The van der Waals surface area contributed by atoms with Crippen molar-refractivity contribution in [2.24, 2.45) is 0 Å². The first-order chi connectivity index (χ1) is 19.2. The summed E-state index contributed by atoms with van der Waals surface area (Å²) in [5, 5.41) is 0. The van der Waals surface area contributed by atoms with Gasteiger partial charge in [0.2, 0.25) is 0 Å². The van der Waals surface area contributed by atoms with Gasteiger partial charge in [-0.05, 0) is 33.9 Å². The summed E-state index contributed by atoms with van der Waals surface area (Å²) in [6.45, 7) is 4.28. The Morgan fingerprint density at radius 3 is 1.73 bits per heavy atom. The molecule has 0 saturated heterocycles. The van der Waals surface area contributed by atoms with Crippen LogP contribution in [0, 0.1) is 12.1 Å². The summed E-state index contributed by atoms with van der Waals surface area (Å²) >= 11 is 0. The summed E-state index contributed by atoms with van der Waals surface area (Å²) in [4.78, 5) is 13.4. The van der Waals surface area contributed by atoms with Crippen LogP contribution in [0.15, 0.2) is 134 Å². The first-order valence-corrected chi connectivity index (χ1v) is 13.1. The molecule has 0 amide bonds. The summed E-state index contributed by atoms with van der Waals surface area (Å²) in [6.07, 6.45) is 5.71. The van der Waals surface area contributed by atoms with Crippen molar-refractivity contribution in [1.82, 2.24) is 15.0 Å². The smallest absolute Gasteiger partial charge is 0.0748 e.